The van der Waals surface area contributed by atoms with Crippen molar-refractivity contribution in [1.29, 1.82) is 0 Å². The molecule has 3 aromatic rings. The number of rotatable bonds is 1. The number of hydrogen-bond donors (Lipinski definition) is 0. The highest BCUT2D eigenvalue weighted by atomic mass is 19.4. The molecule has 102 valence electrons. The Morgan fingerprint density at radius 3 is 2.30 bits per heavy atom. The number of alkyl halides is 3. The largest absolute Gasteiger partial charge is 0.416 e. The number of hydrogen-bond acceptors (Lipinski definition) is 1. The maximum atomic E-state index is 12.5. The molecule has 0 saturated heterocycles. The molecule has 0 aliphatic rings. The predicted molar refractivity (Wildman–Crippen MR) is 70.8 cm³/mol. The third-order valence-corrected chi connectivity index (χ3v) is 3.23. The molecule has 0 saturated carbocycles. The smallest absolute Gasteiger partial charge is 0.240 e. The number of nitrogens with zero attached hydrogens (tertiary/aromatic N) is 2. The van der Waals surface area contributed by atoms with Crippen LogP contribution in [0.15, 0.2) is 48.7 Å². The SMILES string of the molecule is Cc1cccc2nn(-c3ccc(C(F)(F)F)cc3)cc12. The predicted octanol–water partition coefficient (Wildman–Crippen LogP) is 4.35. The van der Waals surface area contributed by atoms with E-state index in [1.54, 1.807) is 4.68 Å². The molecule has 0 N–H and O–H groups in total. The molecule has 0 amide bonds. The first kappa shape index (κ1) is 12.7. The van der Waals surface area contributed by atoms with Gasteiger partial charge in [0, 0.05) is 11.6 Å². The van der Waals surface area contributed by atoms with Crippen LogP contribution in [0.4, 0.5) is 13.2 Å². The highest BCUT2D eigenvalue weighted by Gasteiger charge is 2.30. The summed E-state index contributed by atoms with van der Waals surface area (Å²) in [5.74, 6) is 0. The van der Waals surface area contributed by atoms with Gasteiger partial charge in [-0.25, -0.2) is 4.68 Å². The third-order valence-electron chi connectivity index (χ3n) is 3.23. The highest BCUT2D eigenvalue weighted by molar-refractivity contribution is 5.81. The van der Waals surface area contributed by atoms with Crippen LogP contribution in [0, 0.1) is 6.92 Å². The van der Waals surface area contributed by atoms with Crippen molar-refractivity contribution in [1.82, 2.24) is 9.78 Å². The number of benzene rings is 2. The second-order valence-electron chi connectivity index (χ2n) is 4.63. The molecule has 0 aliphatic carbocycles. The summed E-state index contributed by atoms with van der Waals surface area (Å²) in [6, 6.07) is 10.7. The molecule has 0 radical (unpaired) electrons. The molecule has 0 atom stereocenters. The minimum Gasteiger partial charge on any atom is -0.240 e. The van der Waals surface area contributed by atoms with Gasteiger partial charge < -0.3 is 0 Å². The normalized spacial score (nSPS) is 12.0. The zero-order valence-corrected chi connectivity index (χ0v) is 10.6. The summed E-state index contributed by atoms with van der Waals surface area (Å²) in [5.41, 5.74) is 1.85. The number of aryl methyl sites for hydroxylation is 1. The van der Waals surface area contributed by atoms with Crippen molar-refractivity contribution in [3.05, 3.63) is 59.8 Å². The monoisotopic (exact) mass is 276 g/mol. The lowest BCUT2D eigenvalue weighted by Gasteiger charge is -2.07. The average molecular weight is 276 g/mol. The Morgan fingerprint density at radius 2 is 1.70 bits per heavy atom. The lowest BCUT2D eigenvalue weighted by Crippen LogP contribution is -2.05. The van der Waals surface area contributed by atoms with Gasteiger partial charge in [0.1, 0.15) is 0 Å². The third kappa shape index (κ3) is 2.15. The molecule has 1 aromatic heterocycles. The molecule has 0 spiro atoms. The van der Waals surface area contributed by atoms with Crippen LogP contribution in [-0.2, 0) is 6.18 Å². The zero-order valence-electron chi connectivity index (χ0n) is 10.6. The minimum absolute atomic E-state index is 0.605. The van der Waals surface area contributed by atoms with Gasteiger partial charge in [-0.3, -0.25) is 0 Å². The molecule has 5 heteroatoms. The molecule has 0 bridgehead atoms. The fourth-order valence-corrected chi connectivity index (χ4v) is 2.12. The first-order valence-corrected chi connectivity index (χ1v) is 6.08. The summed E-state index contributed by atoms with van der Waals surface area (Å²) in [5, 5.41) is 5.36. The lowest BCUT2D eigenvalue weighted by molar-refractivity contribution is -0.137. The van der Waals surface area contributed by atoms with Crippen LogP contribution in [0.3, 0.4) is 0 Å². The average Bonchev–Trinajstić information content (AvgIpc) is 2.83. The Bertz CT molecular complexity index is 755. The highest BCUT2D eigenvalue weighted by Crippen LogP contribution is 2.29. The summed E-state index contributed by atoms with van der Waals surface area (Å²) in [7, 11) is 0. The van der Waals surface area contributed by atoms with Gasteiger partial charge in [-0.05, 0) is 42.8 Å². The maximum absolute atomic E-state index is 12.5. The summed E-state index contributed by atoms with van der Waals surface area (Å²) in [6.07, 6.45) is -2.49. The first-order valence-electron chi connectivity index (χ1n) is 6.08. The van der Waals surface area contributed by atoms with E-state index in [0.717, 1.165) is 28.6 Å². The molecule has 0 fully saturated rings. The van der Waals surface area contributed by atoms with Gasteiger partial charge in [-0.15, -0.1) is 0 Å². The van der Waals surface area contributed by atoms with Crippen LogP contribution >= 0.6 is 0 Å². The van der Waals surface area contributed by atoms with Crippen LogP contribution in [0.2, 0.25) is 0 Å². The van der Waals surface area contributed by atoms with Crippen LogP contribution in [0.1, 0.15) is 11.1 Å². The van der Waals surface area contributed by atoms with Crippen molar-refractivity contribution in [3.8, 4) is 5.69 Å². The van der Waals surface area contributed by atoms with E-state index in [1.807, 2.05) is 31.3 Å². The van der Waals surface area contributed by atoms with E-state index in [-0.39, 0.29) is 0 Å². The van der Waals surface area contributed by atoms with Gasteiger partial charge in [0.25, 0.3) is 0 Å². The summed E-state index contributed by atoms with van der Waals surface area (Å²) in [4.78, 5) is 0. The van der Waals surface area contributed by atoms with Gasteiger partial charge in [0.2, 0.25) is 0 Å². The molecule has 1 heterocycles. The van der Waals surface area contributed by atoms with Crippen molar-refractivity contribution in [3.63, 3.8) is 0 Å². The maximum Gasteiger partial charge on any atom is 0.416 e. The van der Waals surface area contributed by atoms with Crippen LogP contribution in [-0.4, -0.2) is 9.78 Å². The second kappa shape index (κ2) is 4.37. The Balaban J connectivity index is 2.05. The summed E-state index contributed by atoms with van der Waals surface area (Å²) in [6.45, 7) is 1.97. The molecule has 2 nitrogen and oxygen atoms in total. The Kier molecular flexibility index (Phi) is 2.78. The number of aromatic nitrogens is 2. The van der Waals surface area contributed by atoms with E-state index in [4.69, 9.17) is 0 Å². The molecule has 3 rings (SSSR count). The summed E-state index contributed by atoms with van der Waals surface area (Å²) >= 11 is 0. The fourth-order valence-electron chi connectivity index (χ4n) is 2.12. The molecular weight excluding hydrogens is 265 g/mol. The summed E-state index contributed by atoms with van der Waals surface area (Å²) < 4.78 is 39.2. The molecule has 0 aliphatic heterocycles. The van der Waals surface area contributed by atoms with E-state index in [9.17, 15) is 13.2 Å². The van der Waals surface area contributed by atoms with Crippen molar-refractivity contribution < 1.29 is 13.2 Å². The topological polar surface area (TPSA) is 17.8 Å². The van der Waals surface area contributed by atoms with Gasteiger partial charge in [-0.1, -0.05) is 12.1 Å². The molecule has 2 aromatic carbocycles. The van der Waals surface area contributed by atoms with Gasteiger partial charge in [-0.2, -0.15) is 18.3 Å². The van der Waals surface area contributed by atoms with E-state index in [1.165, 1.54) is 12.1 Å². The van der Waals surface area contributed by atoms with Crippen LogP contribution < -0.4 is 0 Å². The Morgan fingerprint density at radius 1 is 1.00 bits per heavy atom. The van der Waals surface area contributed by atoms with E-state index in [0.29, 0.717) is 5.69 Å². The van der Waals surface area contributed by atoms with Crippen molar-refractivity contribution >= 4 is 10.9 Å². The number of halogens is 3. The van der Waals surface area contributed by atoms with Crippen LogP contribution in [0.25, 0.3) is 16.6 Å². The quantitative estimate of drug-likeness (QED) is 0.646. The first-order chi connectivity index (χ1) is 9.45. The Hall–Kier alpha value is -2.30. The molecule has 0 unspecified atom stereocenters. The van der Waals surface area contributed by atoms with E-state index >= 15 is 0 Å². The van der Waals surface area contributed by atoms with Gasteiger partial charge in [0.05, 0.1) is 16.8 Å². The lowest BCUT2D eigenvalue weighted by atomic mass is 10.1. The van der Waals surface area contributed by atoms with Gasteiger partial charge in [0.15, 0.2) is 0 Å². The molecule has 20 heavy (non-hydrogen) atoms. The zero-order chi connectivity index (χ0) is 14.3. The number of fused-ring (bicyclic) bond motifs is 1. The Labute approximate surface area is 113 Å². The second-order valence-corrected chi connectivity index (χ2v) is 4.63. The van der Waals surface area contributed by atoms with E-state index < -0.39 is 11.7 Å². The fraction of sp³-hybridized carbons (Fsp3) is 0.133. The van der Waals surface area contributed by atoms with Crippen molar-refractivity contribution in [2.24, 2.45) is 0 Å². The molecular formula is C15H11F3N2. The van der Waals surface area contributed by atoms with Crippen molar-refractivity contribution in [2.45, 2.75) is 13.1 Å². The van der Waals surface area contributed by atoms with Crippen LogP contribution in [0.5, 0.6) is 0 Å². The van der Waals surface area contributed by atoms with Gasteiger partial charge >= 0.3 is 6.18 Å². The standard InChI is InChI=1S/C15H11F3N2/c1-10-3-2-4-14-13(10)9-20(19-14)12-7-5-11(6-8-12)15(16,17)18/h2-9H,1H3. The minimum atomic E-state index is -4.32. The van der Waals surface area contributed by atoms with Crippen molar-refractivity contribution in [2.75, 3.05) is 0 Å². The van der Waals surface area contributed by atoms with E-state index in [2.05, 4.69) is 5.10 Å².